The fourth-order valence-electron chi connectivity index (χ4n) is 2.46. The van der Waals surface area contributed by atoms with Gasteiger partial charge in [-0.2, -0.15) is 4.68 Å². The van der Waals surface area contributed by atoms with Gasteiger partial charge in [0, 0.05) is 6.54 Å². The molecule has 0 radical (unpaired) electrons. The van der Waals surface area contributed by atoms with Gasteiger partial charge in [-0.3, -0.25) is 4.79 Å². The van der Waals surface area contributed by atoms with Crippen LogP contribution in [0.25, 0.3) is 5.69 Å². The third kappa shape index (κ3) is 3.64. The SMILES string of the molecule is CCOc1ccccc1-n1nnnc1S[C@H]1CCCCNC1=O. The van der Waals surface area contributed by atoms with Crippen molar-refractivity contribution in [3.8, 4) is 11.4 Å². The zero-order valence-electron chi connectivity index (χ0n) is 12.9. The molecule has 1 aliphatic rings. The largest absolute Gasteiger partial charge is 0.492 e. The van der Waals surface area contributed by atoms with E-state index < -0.39 is 0 Å². The number of carbonyl (C=O) groups excluding carboxylic acids is 1. The van der Waals surface area contributed by atoms with Crippen LogP contribution in [-0.2, 0) is 4.79 Å². The second kappa shape index (κ2) is 7.45. The predicted molar refractivity (Wildman–Crippen MR) is 86.8 cm³/mol. The van der Waals surface area contributed by atoms with E-state index in [-0.39, 0.29) is 11.2 Å². The molecule has 8 heteroatoms. The van der Waals surface area contributed by atoms with Crippen LogP contribution in [0.15, 0.2) is 29.4 Å². The van der Waals surface area contributed by atoms with Gasteiger partial charge < -0.3 is 10.1 Å². The second-order valence-corrected chi connectivity index (χ2v) is 6.34. The summed E-state index contributed by atoms with van der Waals surface area (Å²) in [6.45, 7) is 3.24. The van der Waals surface area contributed by atoms with Crippen LogP contribution in [-0.4, -0.2) is 44.5 Å². The molecule has 0 aliphatic carbocycles. The van der Waals surface area contributed by atoms with E-state index >= 15 is 0 Å². The Labute approximate surface area is 138 Å². The molecular formula is C15H19N5O2S. The zero-order valence-corrected chi connectivity index (χ0v) is 13.8. The molecule has 3 rings (SSSR count). The number of aromatic nitrogens is 4. The van der Waals surface area contributed by atoms with Gasteiger partial charge in [-0.1, -0.05) is 30.3 Å². The maximum atomic E-state index is 12.1. The number of thioether (sulfide) groups is 1. The van der Waals surface area contributed by atoms with Crippen molar-refractivity contribution in [2.24, 2.45) is 0 Å². The monoisotopic (exact) mass is 333 g/mol. The Morgan fingerprint density at radius 3 is 3.13 bits per heavy atom. The Hall–Kier alpha value is -2.09. The molecule has 0 spiro atoms. The highest BCUT2D eigenvalue weighted by atomic mass is 32.2. The van der Waals surface area contributed by atoms with Crippen molar-refractivity contribution in [3.05, 3.63) is 24.3 Å². The smallest absolute Gasteiger partial charge is 0.233 e. The van der Waals surface area contributed by atoms with Crippen molar-refractivity contribution in [1.29, 1.82) is 0 Å². The summed E-state index contributed by atoms with van der Waals surface area (Å²) in [5.74, 6) is 0.773. The lowest BCUT2D eigenvalue weighted by molar-refractivity contribution is -0.120. The predicted octanol–water partition coefficient (Wildman–Crippen LogP) is 1.82. The van der Waals surface area contributed by atoms with Gasteiger partial charge in [0.25, 0.3) is 0 Å². The maximum absolute atomic E-state index is 12.1. The van der Waals surface area contributed by atoms with Crippen LogP contribution in [0.4, 0.5) is 0 Å². The van der Waals surface area contributed by atoms with Gasteiger partial charge in [-0.15, -0.1) is 5.10 Å². The first-order valence-electron chi connectivity index (χ1n) is 7.74. The van der Waals surface area contributed by atoms with Gasteiger partial charge in [0.2, 0.25) is 11.1 Å². The van der Waals surface area contributed by atoms with E-state index in [1.807, 2.05) is 31.2 Å². The second-order valence-electron chi connectivity index (χ2n) is 5.17. The minimum Gasteiger partial charge on any atom is -0.492 e. The number of carbonyl (C=O) groups is 1. The molecule has 7 nitrogen and oxygen atoms in total. The fourth-order valence-corrected chi connectivity index (χ4v) is 3.51. The number of para-hydroxylation sites is 2. The minimum absolute atomic E-state index is 0.0557. The quantitative estimate of drug-likeness (QED) is 0.899. The van der Waals surface area contributed by atoms with E-state index in [1.54, 1.807) is 4.68 Å². The molecule has 2 heterocycles. The van der Waals surface area contributed by atoms with E-state index in [2.05, 4.69) is 20.8 Å². The third-order valence-corrected chi connectivity index (χ3v) is 4.77. The van der Waals surface area contributed by atoms with Crippen LogP contribution in [0, 0.1) is 0 Å². The van der Waals surface area contributed by atoms with E-state index in [0.717, 1.165) is 37.2 Å². The van der Waals surface area contributed by atoms with Crippen LogP contribution in [0.2, 0.25) is 0 Å². The number of hydrogen-bond acceptors (Lipinski definition) is 6. The number of hydrogen-bond donors (Lipinski definition) is 1. The maximum Gasteiger partial charge on any atom is 0.233 e. The average Bonchev–Trinajstić information content (AvgIpc) is 2.92. The summed E-state index contributed by atoms with van der Waals surface area (Å²) in [5, 5.41) is 15.3. The summed E-state index contributed by atoms with van der Waals surface area (Å²) < 4.78 is 7.27. The van der Waals surface area contributed by atoms with Gasteiger partial charge in [0.05, 0.1) is 11.9 Å². The molecule has 1 atom stereocenters. The summed E-state index contributed by atoms with van der Waals surface area (Å²) in [6, 6.07) is 7.60. The topological polar surface area (TPSA) is 81.9 Å². The first-order valence-corrected chi connectivity index (χ1v) is 8.62. The molecule has 1 aliphatic heterocycles. The molecule has 0 saturated carbocycles. The Morgan fingerprint density at radius 2 is 2.26 bits per heavy atom. The van der Waals surface area contributed by atoms with E-state index in [0.29, 0.717) is 11.8 Å². The number of amides is 1. The van der Waals surface area contributed by atoms with Crippen LogP contribution < -0.4 is 10.1 Å². The Morgan fingerprint density at radius 1 is 1.39 bits per heavy atom. The molecule has 1 saturated heterocycles. The number of ether oxygens (including phenoxy) is 1. The van der Waals surface area contributed by atoms with Gasteiger partial charge >= 0.3 is 0 Å². The van der Waals surface area contributed by atoms with E-state index in [4.69, 9.17) is 4.74 Å². The van der Waals surface area contributed by atoms with Crippen LogP contribution in [0.1, 0.15) is 26.2 Å². The Bertz CT molecular complexity index is 675. The number of tetrazole rings is 1. The average molecular weight is 333 g/mol. The lowest BCUT2D eigenvalue weighted by atomic mass is 10.2. The minimum atomic E-state index is -0.165. The van der Waals surface area contributed by atoms with Crippen LogP contribution in [0.3, 0.4) is 0 Å². The van der Waals surface area contributed by atoms with Crippen molar-refractivity contribution in [3.63, 3.8) is 0 Å². The molecule has 23 heavy (non-hydrogen) atoms. The molecular weight excluding hydrogens is 314 g/mol. The summed E-state index contributed by atoms with van der Waals surface area (Å²) in [6.07, 6.45) is 2.87. The first kappa shape index (κ1) is 15.8. The van der Waals surface area contributed by atoms with Gasteiger partial charge in [0.1, 0.15) is 11.4 Å². The lowest BCUT2D eigenvalue weighted by Gasteiger charge is -2.13. The molecule has 122 valence electrons. The summed E-state index contributed by atoms with van der Waals surface area (Å²) >= 11 is 1.40. The highest BCUT2D eigenvalue weighted by Crippen LogP contribution is 2.30. The van der Waals surface area contributed by atoms with E-state index in [9.17, 15) is 4.79 Å². The molecule has 0 bridgehead atoms. The zero-order chi connectivity index (χ0) is 16.1. The number of benzene rings is 1. The van der Waals surface area contributed by atoms with Crippen LogP contribution in [0.5, 0.6) is 5.75 Å². The standard InChI is InChI=1S/C15H19N5O2S/c1-2-22-12-8-4-3-7-11(12)20-15(17-18-19-20)23-13-9-5-6-10-16-14(13)21/h3-4,7-8,13H,2,5-6,9-10H2,1H3,(H,16,21)/t13-/m0/s1. The summed E-state index contributed by atoms with van der Waals surface area (Å²) in [7, 11) is 0. The fraction of sp³-hybridized carbons (Fsp3) is 0.467. The first-order chi connectivity index (χ1) is 11.3. The number of nitrogens with one attached hydrogen (secondary N) is 1. The molecule has 1 amide bonds. The van der Waals surface area contributed by atoms with Crippen LogP contribution >= 0.6 is 11.8 Å². The Balaban J connectivity index is 1.86. The molecule has 1 N–H and O–H groups in total. The van der Waals surface area contributed by atoms with Gasteiger partial charge in [0.15, 0.2) is 0 Å². The molecule has 1 fully saturated rings. The van der Waals surface area contributed by atoms with Crippen molar-refractivity contribution in [1.82, 2.24) is 25.5 Å². The van der Waals surface area contributed by atoms with Crippen molar-refractivity contribution < 1.29 is 9.53 Å². The molecule has 1 aromatic carbocycles. The lowest BCUT2D eigenvalue weighted by Crippen LogP contribution is -2.30. The van der Waals surface area contributed by atoms with E-state index in [1.165, 1.54) is 11.8 Å². The van der Waals surface area contributed by atoms with Crippen molar-refractivity contribution in [2.45, 2.75) is 36.6 Å². The molecule has 2 aromatic rings. The van der Waals surface area contributed by atoms with Gasteiger partial charge in [-0.25, -0.2) is 0 Å². The number of rotatable bonds is 5. The molecule has 1 aromatic heterocycles. The normalized spacial score (nSPS) is 18.3. The van der Waals surface area contributed by atoms with Crippen molar-refractivity contribution in [2.75, 3.05) is 13.2 Å². The summed E-state index contributed by atoms with van der Waals surface area (Å²) in [5.41, 5.74) is 0.774. The third-order valence-electron chi connectivity index (χ3n) is 3.57. The van der Waals surface area contributed by atoms with Crippen molar-refractivity contribution >= 4 is 17.7 Å². The number of nitrogens with zero attached hydrogens (tertiary/aromatic N) is 4. The summed E-state index contributed by atoms with van der Waals surface area (Å²) in [4.78, 5) is 12.1. The Kier molecular flexibility index (Phi) is 5.12. The highest BCUT2D eigenvalue weighted by molar-refractivity contribution is 8.00. The highest BCUT2D eigenvalue weighted by Gasteiger charge is 2.25. The van der Waals surface area contributed by atoms with Gasteiger partial charge in [-0.05, 0) is 42.3 Å². The molecule has 0 unspecified atom stereocenters.